The van der Waals surface area contributed by atoms with E-state index in [4.69, 9.17) is 5.73 Å². The van der Waals surface area contributed by atoms with Gasteiger partial charge in [-0.25, -0.2) is 0 Å². The lowest BCUT2D eigenvalue weighted by Gasteiger charge is -2.21. The standard InChI is InChI=1S/C12H21N5OS/c1-8(2)16(3)11(18)7-19-12-15-14-10(6-13)17(12)9-4-5-9/h8-9H,4-7,13H2,1-3H3. The summed E-state index contributed by atoms with van der Waals surface area (Å²) in [7, 11) is 1.82. The number of thioether (sulfide) groups is 1. The summed E-state index contributed by atoms with van der Waals surface area (Å²) in [4.78, 5) is 13.7. The van der Waals surface area contributed by atoms with Crippen molar-refractivity contribution in [1.82, 2.24) is 19.7 Å². The minimum absolute atomic E-state index is 0.111. The molecule has 0 saturated heterocycles. The summed E-state index contributed by atoms with van der Waals surface area (Å²) in [6.45, 7) is 4.40. The Kier molecular flexibility index (Phi) is 4.46. The second kappa shape index (κ2) is 5.92. The van der Waals surface area contributed by atoms with E-state index in [1.807, 2.05) is 20.9 Å². The van der Waals surface area contributed by atoms with Crippen molar-refractivity contribution in [2.75, 3.05) is 12.8 Å². The lowest BCUT2D eigenvalue weighted by molar-refractivity contribution is -0.128. The Morgan fingerprint density at radius 3 is 2.74 bits per heavy atom. The van der Waals surface area contributed by atoms with E-state index in [9.17, 15) is 4.79 Å². The first-order chi connectivity index (χ1) is 9.04. The molecule has 7 heteroatoms. The largest absolute Gasteiger partial charge is 0.343 e. The van der Waals surface area contributed by atoms with Gasteiger partial charge in [0.05, 0.1) is 12.3 Å². The average Bonchev–Trinajstić information content (AvgIpc) is 3.15. The summed E-state index contributed by atoms with van der Waals surface area (Å²) in [5.74, 6) is 1.32. The molecule has 106 valence electrons. The van der Waals surface area contributed by atoms with E-state index in [1.54, 1.807) is 4.90 Å². The minimum Gasteiger partial charge on any atom is -0.343 e. The average molecular weight is 283 g/mol. The molecule has 2 N–H and O–H groups in total. The maximum Gasteiger partial charge on any atom is 0.233 e. The molecule has 0 aromatic carbocycles. The predicted molar refractivity (Wildman–Crippen MR) is 74.8 cm³/mol. The number of rotatable bonds is 6. The molecule has 0 bridgehead atoms. The minimum atomic E-state index is 0.111. The van der Waals surface area contributed by atoms with E-state index >= 15 is 0 Å². The Bertz CT molecular complexity index is 455. The molecule has 1 amide bonds. The van der Waals surface area contributed by atoms with Gasteiger partial charge in [0.2, 0.25) is 5.91 Å². The highest BCUT2D eigenvalue weighted by atomic mass is 32.2. The number of aromatic nitrogens is 3. The van der Waals surface area contributed by atoms with Crippen LogP contribution in [0.4, 0.5) is 0 Å². The van der Waals surface area contributed by atoms with Crippen LogP contribution in [0.2, 0.25) is 0 Å². The number of carbonyl (C=O) groups excluding carboxylic acids is 1. The molecule has 1 aliphatic rings. The van der Waals surface area contributed by atoms with Gasteiger partial charge in [0.1, 0.15) is 5.82 Å². The molecule has 0 aliphatic heterocycles. The van der Waals surface area contributed by atoms with Crippen molar-refractivity contribution >= 4 is 17.7 Å². The van der Waals surface area contributed by atoms with Gasteiger partial charge in [0.25, 0.3) is 0 Å². The summed E-state index contributed by atoms with van der Waals surface area (Å²) < 4.78 is 2.09. The highest BCUT2D eigenvalue weighted by molar-refractivity contribution is 7.99. The summed E-state index contributed by atoms with van der Waals surface area (Å²) in [6.07, 6.45) is 2.30. The molecule has 0 atom stereocenters. The van der Waals surface area contributed by atoms with E-state index in [2.05, 4.69) is 14.8 Å². The van der Waals surface area contributed by atoms with Crippen LogP contribution in [0, 0.1) is 0 Å². The zero-order chi connectivity index (χ0) is 14.0. The topological polar surface area (TPSA) is 77.0 Å². The van der Waals surface area contributed by atoms with Crippen molar-refractivity contribution in [2.24, 2.45) is 5.73 Å². The zero-order valence-electron chi connectivity index (χ0n) is 11.7. The van der Waals surface area contributed by atoms with E-state index in [1.165, 1.54) is 11.8 Å². The highest BCUT2D eigenvalue weighted by Crippen LogP contribution is 2.38. The van der Waals surface area contributed by atoms with E-state index in [-0.39, 0.29) is 11.9 Å². The van der Waals surface area contributed by atoms with Gasteiger partial charge in [-0.05, 0) is 26.7 Å². The molecule has 0 unspecified atom stereocenters. The van der Waals surface area contributed by atoms with Gasteiger partial charge in [-0.15, -0.1) is 10.2 Å². The van der Waals surface area contributed by atoms with Crippen LogP contribution in [-0.2, 0) is 11.3 Å². The Morgan fingerprint density at radius 2 is 2.21 bits per heavy atom. The van der Waals surface area contributed by atoms with Crippen molar-refractivity contribution in [2.45, 2.75) is 50.5 Å². The molecular formula is C12H21N5OS. The van der Waals surface area contributed by atoms with Crippen molar-refractivity contribution in [3.63, 3.8) is 0 Å². The third-order valence-corrected chi connectivity index (χ3v) is 4.25. The summed E-state index contributed by atoms with van der Waals surface area (Å²) in [5, 5.41) is 9.06. The number of nitrogens with zero attached hydrogens (tertiary/aromatic N) is 4. The van der Waals surface area contributed by atoms with Crippen molar-refractivity contribution < 1.29 is 4.79 Å². The van der Waals surface area contributed by atoms with Gasteiger partial charge >= 0.3 is 0 Å². The van der Waals surface area contributed by atoms with Crippen molar-refractivity contribution in [3.8, 4) is 0 Å². The van der Waals surface area contributed by atoms with Crippen LogP contribution in [0.25, 0.3) is 0 Å². The van der Waals surface area contributed by atoms with Crippen LogP contribution in [0.1, 0.15) is 38.6 Å². The molecule has 6 nitrogen and oxygen atoms in total. The summed E-state index contributed by atoms with van der Waals surface area (Å²) in [6, 6.07) is 0.697. The van der Waals surface area contributed by atoms with Gasteiger partial charge in [0.15, 0.2) is 5.16 Å². The molecule has 1 heterocycles. The van der Waals surface area contributed by atoms with Crippen LogP contribution >= 0.6 is 11.8 Å². The summed E-state index contributed by atoms with van der Waals surface area (Å²) in [5.41, 5.74) is 5.67. The first-order valence-corrected chi connectivity index (χ1v) is 7.55. The molecule has 1 saturated carbocycles. The highest BCUT2D eigenvalue weighted by Gasteiger charge is 2.29. The Labute approximate surface area is 117 Å². The number of hydrogen-bond donors (Lipinski definition) is 1. The third kappa shape index (κ3) is 3.27. The SMILES string of the molecule is CC(C)N(C)C(=O)CSc1nnc(CN)n1C1CC1. The molecule has 1 aromatic rings. The second-order valence-electron chi connectivity index (χ2n) is 5.09. The normalized spacial score (nSPS) is 15.0. The molecule has 2 rings (SSSR count). The summed E-state index contributed by atoms with van der Waals surface area (Å²) >= 11 is 1.45. The maximum atomic E-state index is 12.0. The van der Waals surface area contributed by atoms with Gasteiger partial charge < -0.3 is 15.2 Å². The van der Waals surface area contributed by atoms with Crippen LogP contribution in [0.15, 0.2) is 5.16 Å². The molecule has 19 heavy (non-hydrogen) atoms. The fraction of sp³-hybridized carbons (Fsp3) is 0.750. The van der Waals surface area contributed by atoms with Crippen molar-refractivity contribution in [3.05, 3.63) is 5.82 Å². The molecular weight excluding hydrogens is 262 g/mol. The van der Waals surface area contributed by atoms with Gasteiger partial charge in [-0.2, -0.15) is 0 Å². The van der Waals surface area contributed by atoms with Gasteiger partial charge in [-0.1, -0.05) is 11.8 Å². The number of hydrogen-bond acceptors (Lipinski definition) is 5. The van der Waals surface area contributed by atoms with Gasteiger partial charge in [0, 0.05) is 19.1 Å². The number of amides is 1. The molecule has 1 aliphatic carbocycles. The van der Waals surface area contributed by atoms with E-state index < -0.39 is 0 Å². The van der Waals surface area contributed by atoms with Gasteiger partial charge in [-0.3, -0.25) is 4.79 Å². The fourth-order valence-corrected chi connectivity index (χ4v) is 2.71. The number of carbonyl (C=O) groups is 1. The Morgan fingerprint density at radius 1 is 1.53 bits per heavy atom. The van der Waals surface area contributed by atoms with Crippen LogP contribution in [0.3, 0.4) is 0 Å². The first kappa shape index (κ1) is 14.3. The lowest BCUT2D eigenvalue weighted by atomic mass is 10.3. The Hall–Kier alpha value is -1.08. The maximum absolute atomic E-state index is 12.0. The fourth-order valence-electron chi connectivity index (χ4n) is 1.76. The third-order valence-electron chi connectivity index (χ3n) is 3.32. The second-order valence-corrected chi connectivity index (χ2v) is 6.03. The van der Waals surface area contributed by atoms with Crippen LogP contribution in [0.5, 0.6) is 0 Å². The van der Waals surface area contributed by atoms with Crippen LogP contribution < -0.4 is 5.73 Å². The van der Waals surface area contributed by atoms with E-state index in [0.29, 0.717) is 18.3 Å². The first-order valence-electron chi connectivity index (χ1n) is 6.57. The monoisotopic (exact) mass is 283 g/mol. The smallest absolute Gasteiger partial charge is 0.233 e. The molecule has 0 radical (unpaired) electrons. The van der Waals surface area contributed by atoms with Crippen molar-refractivity contribution in [1.29, 1.82) is 0 Å². The molecule has 1 aromatic heterocycles. The number of nitrogens with two attached hydrogens (primary N) is 1. The van der Waals surface area contributed by atoms with Crippen LogP contribution in [-0.4, -0.2) is 44.4 Å². The Balaban J connectivity index is 2.00. The van der Waals surface area contributed by atoms with E-state index in [0.717, 1.165) is 23.8 Å². The predicted octanol–water partition coefficient (Wildman–Crippen LogP) is 1.03. The zero-order valence-corrected chi connectivity index (χ0v) is 12.5. The molecule has 0 spiro atoms. The molecule has 1 fully saturated rings. The lowest BCUT2D eigenvalue weighted by Crippen LogP contribution is -2.34. The quantitative estimate of drug-likeness (QED) is 0.789.